The van der Waals surface area contributed by atoms with Gasteiger partial charge in [0.2, 0.25) is 0 Å². The molecule has 0 aliphatic rings. The molecule has 0 radical (unpaired) electrons. The van der Waals surface area contributed by atoms with E-state index in [4.69, 9.17) is 4.46 Å². The second kappa shape index (κ2) is 17.6. The molecule has 0 saturated heterocycles. The van der Waals surface area contributed by atoms with E-state index in [-0.39, 0.29) is 37.6 Å². The van der Waals surface area contributed by atoms with Gasteiger partial charge in [-0.2, -0.15) is 0 Å². The van der Waals surface area contributed by atoms with Crippen LogP contribution in [0.4, 0.5) is 0 Å². The molecule has 0 rings (SSSR count). The monoisotopic (exact) mass is 116 g/mol. The largest absolute Gasteiger partial charge is 1.00 e. The Morgan fingerprint density at radius 2 is 1.80 bits per heavy atom. The molecule has 0 aliphatic heterocycles. The molecule has 0 bridgehead atoms. The van der Waals surface area contributed by atoms with E-state index in [1.165, 1.54) is 0 Å². The summed E-state index contributed by atoms with van der Waals surface area (Å²) in [5.74, 6) is 0. The standard InChI is InChI=1S/Al.Li.H3OPSi.4H/c;;1-3-2;;;;/h;;3H,2H2;;;;/q;+1;;;;;-1. The smallest absolute Gasteiger partial charge is 1.00 e. The van der Waals surface area contributed by atoms with Crippen molar-refractivity contribution in [2.45, 2.75) is 0 Å². The Bertz CT molecular complexity index is 23.0. The second-order valence-electron chi connectivity index (χ2n) is 0.136. The van der Waals surface area contributed by atoms with Crippen molar-refractivity contribution in [3.8, 4) is 0 Å². The van der Waals surface area contributed by atoms with Gasteiger partial charge in [-0.05, 0) is 0 Å². The van der Waals surface area contributed by atoms with Crippen molar-refractivity contribution in [1.82, 2.24) is 0 Å². The van der Waals surface area contributed by atoms with Crippen molar-refractivity contribution < 1.29 is 24.7 Å². The molecule has 0 aliphatic carbocycles. The van der Waals surface area contributed by atoms with Crippen LogP contribution in [-0.4, -0.2) is 26.4 Å². The van der Waals surface area contributed by atoms with Gasteiger partial charge in [0.15, 0.2) is 17.4 Å². The van der Waals surface area contributed by atoms with Gasteiger partial charge in [-0.25, -0.2) is 0 Å². The van der Waals surface area contributed by atoms with E-state index in [1.807, 2.05) is 0 Å². The van der Waals surface area contributed by atoms with Crippen LogP contribution in [-0.2, 0) is 4.46 Å². The van der Waals surface area contributed by atoms with Crippen molar-refractivity contribution >= 4 is 35.2 Å². The molecule has 1 atom stereocenters. The minimum absolute atomic E-state index is 0. The topological polar surface area (TPSA) is 17.1 Å². The third-order valence-corrected chi connectivity index (χ3v) is 0. The van der Waals surface area contributed by atoms with E-state index in [0.29, 0.717) is 0 Å². The number of hydrogen-bond donors (Lipinski definition) is 0. The Kier molecular flexibility index (Phi) is 56.3. The molecular formula is H7AlLiOPSi. The Balaban J connectivity index is -0.00000000667. The molecule has 5 heteroatoms. The first kappa shape index (κ1) is 16.0. The van der Waals surface area contributed by atoms with Crippen LogP contribution in [0.1, 0.15) is 1.43 Å². The molecule has 1 nitrogen and oxygen atoms in total. The van der Waals surface area contributed by atoms with Gasteiger partial charge in [0.25, 0.3) is 9.07 Å². The first-order valence-electron chi connectivity index (χ1n) is 0.569. The molecule has 26 valence electrons. The van der Waals surface area contributed by atoms with Gasteiger partial charge >= 0.3 is 18.9 Å². The first-order chi connectivity index (χ1) is 1.41. The normalized spacial score (nSPS) is 2.60. The van der Waals surface area contributed by atoms with Gasteiger partial charge in [-0.3, -0.25) is 0 Å². The van der Waals surface area contributed by atoms with E-state index in [0.717, 1.165) is 0 Å². The Morgan fingerprint density at radius 1 is 1.80 bits per heavy atom. The van der Waals surface area contributed by atoms with E-state index in [2.05, 4.69) is 8.79 Å². The summed E-state index contributed by atoms with van der Waals surface area (Å²) in [6.45, 7) is 0. The van der Waals surface area contributed by atoms with Gasteiger partial charge in [0.1, 0.15) is 0 Å². The molecular weight excluding hydrogens is 109 g/mol. The van der Waals surface area contributed by atoms with Crippen LogP contribution in [0.5, 0.6) is 0 Å². The molecule has 0 heterocycles. The fourth-order valence-corrected chi connectivity index (χ4v) is 0. The predicted octanol–water partition coefficient (Wildman–Crippen LogP) is -4.51. The first-order valence-corrected chi connectivity index (χ1v) is 3.71. The van der Waals surface area contributed by atoms with Crippen LogP contribution in [0, 0.1) is 0 Å². The van der Waals surface area contributed by atoms with Crippen LogP contribution in [0.15, 0.2) is 0 Å². The Labute approximate surface area is 60.0 Å². The minimum atomic E-state index is -0.583. The number of hydrogen-bond acceptors (Lipinski definition) is 1. The van der Waals surface area contributed by atoms with Gasteiger partial charge < -0.3 is 5.89 Å². The Morgan fingerprint density at radius 3 is 1.80 bits per heavy atom. The maximum atomic E-state index is 8.98. The zero-order valence-electron chi connectivity index (χ0n) is 3.56. The zero-order chi connectivity index (χ0) is 2.71. The van der Waals surface area contributed by atoms with Gasteiger partial charge in [0, 0.05) is 0 Å². The van der Waals surface area contributed by atoms with Crippen molar-refractivity contribution in [3.63, 3.8) is 0 Å². The van der Waals surface area contributed by atoms with Crippen LogP contribution < -0.4 is 18.9 Å². The molecule has 0 spiro atoms. The van der Waals surface area contributed by atoms with Crippen LogP contribution in [0.3, 0.4) is 0 Å². The van der Waals surface area contributed by atoms with E-state index in [9.17, 15) is 0 Å². The zero-order valence-corrected chi connectivity index (χ0v) is 4.87. The number of rotatable bonds is 0. The SMILES string of the molecule is O=[SiH]P.[AlH3].[H-].[Li+]. The van der Waals surface area contributed by atoms with Crippen LogP contribution in [0.25, 0.3) is 0 Å². The van der Waals surface area contributed by atoms with Crippen molar-refractivity contribution in [3.05, 3.63) is 0 Å². The third kappa shape index (κ3) is 28.7. The maximum absolute atomic E-state index is 8.98. The summed E-state index contributed by atoms with van der Waals surface area (Å²) in [6.07, 6.45) is 0. The average Bonchev–Trinajstić information content (AvgIpc) is 0.918. The minimum Gasteiger partial charge on any atom is -1.00 e. The summed E-state index contributed by atoms with van der Waals surface area (Å²) >= 11 is 0. The molecule has 0 aromatic rings. The van der Waals surface area contributed by atoms with Crippen LogP contribution >= 0.6 is 8.79 Å². The van der Waals surface area contributed by atoms with Gasteiger partial charge in [-0.1, -0.05) is 8.79 Å². The quantitative estimate of drug-likeness (QED) is 0.230. The molecule has 0 amide bonds. The van der Waals surface area contributed by atoms with E-state index in [1.54, 1.807) is 0 Å². The molecule has 0 aromatic heterocycles. The fraction of sp³-hybridized carbons (Fsp3) is 0. The van der Waals surface area contributed by atoms with Crippen molar-refractivity contribution in [2.24, 2.45) is 0 Å². The summed E-state index contributed by atoms with van der Waals surface area (Å²) in [4.78, 5) is 0. The average molecular weight is 116 g/mol. The summed E-state index contributed by atoms with van der Waals surface area (Å²) in [5, 5.41) is 0. The van der Waals surface area contributed by atoms with Crippen molar-refractivity contribution in [2.75, 3.05) is 0 Å². The predicted molar refractivity (Wildman–Crippen MR) is 28.6 cm³/mol. The fourth-order valence-electron chi connectivity index (χ4n) is 0. The van der Waals surface area contributed by atoms with E-state index < -0.39 is 9.07 Å². The summed E-state index contributed by atoms with van der Waals surface area (Å²) in [5.41, 5.74) is 0. The molecule has 5 heavy (non-hydrogen) atoms. The van der Waals surface area contributed by atoms with Gasteiger partial charge in [-0.15, -0.1) is 0 Å². The summed E-state index contributed by atoms with van der Waals surface area (Å²) in [7, 11) is 1.52. The summed E-state index contributed by atoms with van der Waals surface area (Å²) < 4.78 is 8.98. The third-order valence-electron chi connectivity index (χ3n) is 0. The van der Waals surface area contributed by atoms with E-state index >= 15 is 0 Å². The van der Waals surface area contributed by atoms with Gasteiger partial charge in [0.05, 0.1) is 0 Å². The molecule has 0 fully saturated rings. The molecule has 0 saturated carbocycles. The molecule has 1 unspecified atom stereocenters. The van der Waals surface area contributed by atoms with Crippen LogP contribution in [0.2, 0.25) is 0 Å². The summed E-state index contributed by atoms with van der Waals surface area (Å²) in [6, 6.07) is 0. The maximum Gasteiger partial charge on any atom is 1.00 e. The van der Waals surface area contributed by atoms with Crippen molar-refractivity contribution in [1.29, 1.82) is 0 Å². The Hall–Kier alpha value is 1.58. The second-order valence-corrected chi connectivity index (χ2v) is 1.22. The molecule has 0 N–H and O–H groups in total. The molecule has 0 aromatic carbocycles.